The third-order valence-electron chi connectivity index (χ3n) is 3.65. The maximum Gasteiger partial charge on any atom is 0.337 e. The molecule has 0 aliphatic carbocycles. The first-order valence-electron chi connectivity index (χ1n) is 8.03. The Bertz CT molecular complexity index is 784. The fourth-order valence-corrected chi connectivity index (χ4v) is 2.22. The van der Waals surface area contributed by atoms with Crippen molar-refractivity contribution in [2.24, 2.45) is 0 Å². The van der Waals surface area contributed by atoms with Gasteiger partial charge in [0.15, 0.2) is 0 Å². The lowest BCUT2D eigenvalue weighted by molar-refractivity contribution is -0.138. The molecule has 0 saturated carbocycles. The number of hydrogen-bond acceptors (Lipinski definition) is 4. The average molecular weight is 338 g/mol. The summed E-state index contributed by atoms with van der Waals surface area (Å²) in [5.74, 6) is 0.501. The minimum absolute atomic E-state index is 0.161. The van der Waals surface area contributed by atoms with Gasteiger partial charge >= 0.3 is 5.97 Å². The van der Waals surface area contributed by atoms with E-state index in [1.165, 1.54) is 0 Å². The van der Waals surface area contributed by atoms with Crippen LogP contribution in [0.2, 0.25) is 0 Å². The van der Waals surface area contributed by atoms with Gasteiger partial charge in [0.2, 0.25) is 0 Å². The first kappa shape index (κ1) is 18.3. The summed E-state index contributed by atoms with van der Waals surface area (Å²) in [6.07, 6.45) is 0. The summed E-state index contributed by atoms with van der Waals surface area (Å²) in [4.78, 5) is 12.2. The van der Waals surface area contributed by atoms with Crippen molar-refractivity contribution in [1.29, 1.82) is 0 Å². The monoisotopic (exact) mass is 338 g/mol. The number of aryl methyl sites for hydroxylation is 1. The van der Waals surface area contributed by atoms with Crippen LogP contribution in [0, 0.1) is 6.92 Å². The van der Waals surface area contributed by atoms with Gasteiger partial charge < -0.3 is 14.6 Å². The number of benzene rings is 2. The van der Waals surface area contributed by atoms with Gasteiger partial charge in [-0.2, -0.15) is 0 Å². The van der Waals surface area contributed by atoms with Crippen molar-refractivity contribution >= 4 is 17.5 Å². The van der Waals surface area contributed by atoms with Crippen LogP contribution in [0.1, 0.15) is 30.5 Å². The quantitative estimate of drug-likeness (QED) is 0.472. The SMILES string of the molecule is C=C(OC(=C(C)C(=O)OCC)c1ccc(C)cc1)c1ccc(O)cc1. The van der Waals surface area contributed by atoms with Gasteiger partial charge in [0, 0.05) is 11.1 Å². The van der Waals surface area contributed by atoms with E-state index in [0.717, 1.165) is 11.1 Å². The number of aromatic hydroxyl groups is 1. The summed E-state index contributed by atoms with van der Waals surface area (Å²) in [5.41, 5.74) is 2.94. The van der Waals surface area contributed by atoms with Crippen LogP contribution in [-0.4, -0.2) is 17.7 Å². The lowest BCUT2D eigenvalue weighted by Gasteiger charge is -2.16. The zero-order valence-corrected chi connectivity index (χ0v) is 14.7. The summed E-state index contributed by atoms with van der Waals surface area (Å²) in [5, 5.41) is 9.40. The Kier molecular flexibility index (Phi) is 6.01. The molecule has 0 unspecified atom stereocenters. The van der Waals surface area contributed by atoms with Crippen LogP contribution in [0.25, 0.3) is 11.5 Å². The van der Waals surface area contributed by atoms with Crippen molar-refractivity contribution in [1.82, 2.24) is 0 Å². The minimum atomic E-state index is -0.434. The van der Waals surface area contributed by atoms with E-state index >= 15 is 0 Å². The highest BCUT2D eigenvalue weighted by Crippen LogP contribution is 2.28. The first-order chi connectivity index (χ1) is 11.9. The lowest BCUT2D eigenvalue weighted by atomic mass is 10.1. The molecule has 2 rings (SSSR count). The molecule has 130 valence electrons. The highest BCUT2D eigenvalue weighted by Gasteiger charge is 2.17. The zero-order chi connectivity index (χ0) is 18.4. The molecule has 0 bridgehead atoms. The first-order valence-corrected chi connectivity index (χ1v) is 8.03. The van der Waals surface area contributed by atoms with Gasteiger partial charge in [0.05, 0.1) is 12.2 Å². The van der Waals surface area contributed by atoms with E-state index in [-0.39, 0.29) is 12.4 Å². The van der Waals surface area contributed by atoms with E-state index in [4.69, 9.17) is 9.47 Å². The molecule has 2 aromatic rings. The standard InChI is InChI=1S/C21H22O4/c1-5-24-21(23)15(3)20(18-8-6-14(2)7-9-18)25-16(4)17-10-12-19(22)13-11-17/h6-13,22H,4-5H2,1-3H3. The lowest BCUT2D eigenvalue weighted by Crippen LogP contribution is -2.09. The predicted octanol–water partition coefficient (Wildman–Crippen LogP) is 4.68. The van der Waals surface area contributed by atoms with Crippen LogP contribution in [0.5, 0.6) is 5.75 Å². The van der Waals surface area contributed by atoms with E-state index in [1.54, 1.807) is 38.1 Å². The zero-order valence-electron chi connectivity index (χ0n) is 14.7. The number of hydrogen-bond donors (Lipinski definition) is 1. The number of esters is 1. The maximum absolute atomic E-state index is 12.2. The topological polar surface area (TPSA) is 55.8 Å². The van der Waals surface area contributed by atoms with Gasteiger partial charge in [-0.25, -0.2) is 4.79 Å². The van der Waals surface area contributed by atoms with Crippen LogP contribution in [0.3, 0.4) is 0 Å². The third kappa shape index (κ3) is 4.73. The molecule has 4 heteroatoms. The molecule has 0 saturated heterocycles. The average Bonchev–Trinajstić information content (AvgIpc) is 2.60. The van der Waals surface area contributed by atoms with Crippen LogP contribution in [0.4, 0.5) is 0 Å². The van der Waals surface area contributed by atoms with Crippen molar-refractivity contribution in [3.8, 4) is 5.75 Å². The molecule has 0 spiro atoms. The van der Waals surface area contributed by atoms with Crippen molar-refractivity contribution in [3.05, 3.63) is 77.4 Å². The summed E-state index contributed by atoms with van der Waals surface area (Å²) in [6.45, 7) is 9.63. The molecule has 4 nitrogen and oxygen atoms in total. The summed E-state index contributed by atoms with van der Waals surface area (Å²) >= 11 is 0. The Hall–Kier alpha value is -3.01. The van der Waals surface area contributed by atoms with Gasteiger partial charge in [-0.15, -0.1) is 0 Å². The number of ether oxygens (including phenoxy) is 2. The Morgan fingerprint density at radius 1 is 1.04 bits per heavy atom. The molecule has 0 heterocycles. The molecule has 0 atom stereocenters. The molecule has 0 fully saturated rings. The molecule has 25 heavy (non-hydrogen) atoms. The summed E-state index contributed by atoms with van der Waals surface area (Å²) in [6, 6.07) is 14.2. The highest BCUT2D eigenvalue weighted by molar-refractivity contribution is 5.96. The fraction of sp³-hybridized carbons (Fsp3) is 0.190. The highest BCUT2D eigenvalue weighted by atomic mass is 16.5. The van der Waals surface area contributed by atoms with Crippen LogP contribution >= 0.6 is 0 Å². The number of carbonyl (C=O) groups excluding carboxylic acids is 1. The van der Waals surface area contributed by atoms with E-state index < -0.39 is 5.97 Å². The Morgan fingerprint density at radius 2 is 1.60 bits per heavy atom. The van der Waals surface area contributed by atoms with Crippen molar-refractivity contribution < 1.29 is 19.4 Å². The molecular weight excluding hydrogens is 316 g/mol. The van der Waals surface area contributed by atoms with Crippen LogP contribution in [-0.2, 0) is 14.3 Å². The second-order valence-electron chi connectivity index (χ2n) is 5.61. The van der Waals surface area contributed by atoms with E-state index in [1.807, 2.05) is 31.2 Å². The third-order valence-corrected chi connectivity index (χ3v) is 3.65. The Balaban J connectivity index is 2.39. The molecule has 2 aromatic carbocycles. The van der Waals surface area contributed by atoms with Crippen molar-refractivity contribution in [3.63, 3.8) is 0 Å². The van der Waals surface area contributed by atoms with Gasteiger partial charge in [0.1, 0.15) is 17.3 Å². The second kappa shape index (κ2) is 8.20. The van der Waals surface area contributed by atoms with Gasteiger partial charge in [-0.05, 0) is 45.0 Å². The molecule has 0 aliphatic heterocycles. The predicted molar refractivity (Wildman–Crippen MR) is 98.6 cm³/mol. The van der Waals surface area contributed by atoms with Gasteiger partial charge in [-0.3, -0.25) is 0 Å². The largest absolute Gasteiger partial charge is 0.508 e. The Labute approximate surface area is 148 Å². The smallest absolute Gasteiger partial charge is 0.337 e. The van der Waals surface area contributed by atoms with E-state index in [0.29, 0.717) is 22.7 Å². The van der Waals surface area contributed by atoms with E-state index in [9.17, 15) is 9.90 Å². The molecule has 0 amide bonds. The number of carbonyl (C=O) groups is 1. The van der Waals surface area contributed by atoms with Gasteiger partial charge in [-0.1, -0.05) is 36.4 Å². The fourth-order valence-electron chi connectivity index (χ4n) is 2.22. The second-order valence-corrected chi connectivity index (χ2v) is 5.61. The van der Waals surface area contributed by atoms with E-state index in [2.05, 4.69) is 6.58 Å². The number of phenols is 1. The van der Waals surface area contributed by atoms with Crippen LogP contribution in [0.15, 0.2) is 60.7 Å². The molecule has 0 aromatic heterocycles. The number of rotatable bonds is 6. The van der Waals surface area contributed by atoms with Crippen molar-refractivity contribution in [2.45, 2.75) is 20.8 Å². The Morgan fingerprint density at radius 3 is 2.16 bits per heavy atom. The normalized spacial score (nSPS) is 11.5. The summed E-state index contributed by atoms with van der Waals surface area (Å²) in [7, 11) is 0. The van der Waals surface area contributed by atoms with Gasteiger partial charge in [0.25, 0.3) is 0 Å². The van der Waals surface area contributed by atoms with Crippen molar-refractivity contribution in [2.75, 3.05) is 6.61 Å². The summed E-state index contributed by atoms with van der Waals surface area (Å²) < 4.78 is 11.0. The molecule has 0 aliphatic rings. The number of phenolic OH excluding ortho intramolecular Hbond substituents is 1. The molecule has 0 radical (unpaired) electrons. The minimum Gasteiger partial charge on any atom is -0.508 e. The maximum atomic E-state index is 12.2. The molecular formula is C21H22O4. The molecule has 1 N–H and O–H groups in total. The van der Waals surface area contributed by atoms with Crippen LogP contribution < -0.4 is 0 Å².